The van der Waals surface area contributed by atoms with E-state index in [0.717, 1.165) is 44.4 Å². The smallest absolute Gasteiger partial charge is 0.225 e. The first-order valence-electron chi connectivity index (χ1n) is 11.9. The number of carbonyl (C=O) groups is 1. The first kappa shape index (κ1) is 26.4. The number of morpholine rings is 1. The van der Waals surface area contributed by atoms with E-state index in [1.807, 2.05) is 18.2 Å². The topological polar surface area (TPSA) is 78.0 Å². The van der Waals surface area contributed by atoms with Gasteiger partial charge in [0.1, 0.15) is 0 Å². The summed E-state index contributed by atoms with van der Waals surface area (Å²) < 4.78 is 5.65. The minimum Gasteiger partial charge on any atom is -0.376 e. The lowest BCUT2D eigenvalue weighted by Crippen LogP contribution is -2.40. The standard InChI is InChI=1S/C26H35N5O2.HI/c1-3-27-26(29-16-22-14-25(32)30-24-10-5-4-9-23(22)24)28-15-20-7-6-8-21(13-20)18-31-11-12-33-19(2)17-31;/h4-10,13,19,22H,3,11-12,14-18H2,1-2H3,(H,30,32)(H2,27,28,29);1H. The lowest BCUT2D eigenvalue weighted by Gasteiger charge is -2.31. The van der Waals surface area contributed by atoms with Crippen LogP contribution in [0, 0.1) is 0 Å². The molecule has 2 aromatic rings. The number of anilines is 1. The zero-order valence-electron chi connectivity index (χ0n) is 20.0. The largest absolute Gasteiger partial charge is 0.376 e. The Morgan fingerprint density at radius 2 is 2.00 bits per heavy atom. The van der Waals surface area contributed by atoms with Crippen molar-refractivity contribution in [1.82, 2.24) is 15.5 Å². The third-order valence-electron chi connectivity index (χ3n) is 6.11. The highest BCUT2D eigenvalue weighted by Gasteiger charge is 2.24. The van der Waals surface area contributed by atoms with Crippen molar-refractivity contribution in [3.8, 4) is 0 Å². The van der Waals surface area contributed by atoms with Gasteiger partial charge in [0, 0.05) is 50.7 Å². The van der Waals surface area contributed by atoms with Crippen LogP contribution in [-0.2, 0) is 22.6 Å². The zero-order chi connectivity index (χ0) is 23.0. The van der Waals surface area contributed by atoms with Crippen LogP contribution in [0.25, 0.3) is 0 Å². The minimum atomic E-state index is 0. The van der Waals surface area contributed by atoms with Crippen LogP contribution in [0.2, 0.25) is 0 Å². The fourth-order valence-corrected chi connectivity index (χ4v) is 4.53. The van der Waals surface area contributed by atoms with Crippen LogP contribution >= 0.6 is 24.0 Å². The molecule has 0 bridgehead atoms. The summed E-state index contributed by atoms with van der Waals surface area (Å²) in [5.74, 6) is 0.959. The summed E-state index contributed by atoms with van der Waals surface area (Å²) >= 11 is 0. The summed E-state index contributed by atoms with van der Waals surface area (Å²) in [5.41, 5.74) is 4.58. The number of carbonyl (C=O) groups excluding carboxylic acids is 1. The molecule has 2 heterocycles. The van der Waals surface area contributed by atoms with Crippen LogP contribution < -0.4 is 16.0 Å². The maximum absolute atomic E-state index is 12.1. The SMILES string of the molecule is CCNC(=NCc1cccc(CN2CCOC(C)C2)c1)NCC1CC(=O)Nc2ccccc21.I. The van der Waals surface area contributed by atoms with Gasteiger partial charge >= 0.3 is 0 Å². The van der Waals surface area contributed by atoms with Gasteiger partial charge in [0.2, 0.25) is 5.91 Å². The third kappa shape index (κ3) is 7.41. The van der Waals surface area contributed by atoms with Gasteiger partial charge in [-0.2, -0.15) is 0 Å². The summed E-state index contributed by atoms with van der Waals surface area (Å²) in [5, 5.41) is 9.74. The molecule has 2 aliphatic heterocycles. The van der Waals surface area contributed by atoms with Gasteiger partial charge in [0.15, 0.2) is 5.96 Å². The van der Waals surface area contributed by atoms with Gasteiger partial charge < -0.3 is 20.7 Å². The average Bonchev–Trinajstić information content (AvgIpc) is 2.81. The Kier molecular flexibility index (Phi) is 10.2. The molecule has 34 heavy (non-hydrogen) atoms. The quantitative estimate of drug-likeness (QED) is 0.266. The molecular weight excluding hydrogens is 541 g/mol. The fraction of sp³-hybridized carbons (Fsp3) is 0.462. The molecular formula is C26H36IN5O2. The Balaban J connectivity index is 0.00000324. The van der Waals surface area contributed by atoms with Gasteiger partial charge in [0.05, 0.1) is 19.3 Å². The predicted octanol–water partition coefficient (Wildman–Crippen LogP) is 3.71. The molecule has 0 radical (unpaired) electrons. The number of hydrogen-bond donors (Lipinski definition) is 3. The van der Waals surface area contributed by atoms with Crippen LogP contribution in [0.3, 0.4) is 0 Å². The maximum Gasteiger partial charge on any atom is 0.225 e. The second-order valence-electron chi connectivity index (χ2n) is 8.85. The average molecular weight is 578 g/mol. The summed E-state index contributed by atoms with van der Waals surface area (Å²) in [4.78, 5) is 19.4. The Labute approximate surface area is 219 Å². The molecule has 1 amide bonds. The van der Waals surface area contributed by atoms with Crippen molar-refractivity contribution in [3.05, 3.63) is 65.2 Å². The normalized spacial score (nSPS) is 20.6. The minimum absolute atomic E-state index is 0. The molecule has 0 spiro atoms. The Morgan fingerprint density at radius 1 is 1.18 bits per heavy atom. The zero-order valence-corrected chi connectivity index (χ0v) is 22.4. The molecule has 4 rings (SSSR count). The van der Waals surface area contributed by atoms with Crippen molar-refractivity contribution < 1.29 is 9.53 Å². The molecule has 2 unspecified atom stereocenters. The van der Waals surface area contributed by atoms with Gasteiger partial charge in [-0.1, -0.05) is 42.5 Å². The predicted molar refractivity (Wildman–Crippen MR) is 148 cm³/mol. The second-order valence-corrected chi connectivity index (χ2v) is 8.85. The molecule has 8 heteroatoms. The molecule has 2 aliphatic rings. The van der Waals surface area contributed by atoms with Crippen molar-refractivity contribution >= 4 is 41.5 Å². The fourth-order valence-electron chi connectivity index (χ4n) is 4.53. The van der Waals surface area contributed by atoms with Crippen LogP contribution in [-0.4, -0.2) is 55.7 Å². The second kappa shape index (κ2) is 13.1. The number of amides is 1. The van der Waals surface area contributed by atoms with Crippen molar-refractivity contribution in [1.29, 1.82) is 0 Å². The third-order valence-corrected chi connectivity index (χ3v) is 6.11. The van der Waals surface area contributed by atoms with E-state index in [2.05, 4.69) is 65.0 Å². The van der Waals surface area contributed by atoms with Crippen LogP contribution in [0.15, 0.2) is 53.5 Å². The maximum atomic E-state index is 12.1. The Morgan fingerprint density at radius 3 is 2.82 bits per heavy atom. The molecule has 1 saturated heterocycles. The van der Waals surface area contributed by atoms with E-state index in [0.29, 0.717) is 25.6 Å². The first-order valence-corrected chi connectivity index (χ1v) is 11.9. The number of hydrogen-bond acceptors (Lipinski definition) is 4. The summed E-state index contributed by atoms with van der Waals surface area (Å²) in [6.45, 7) is 9.92. The number of halogens is 1. The van der Waals surface area contributed by atoms with Crippen molar-refractivity contribution in [2.24, 2.45) is 4.99 Å². The van der Waals surface area contributed by atoms with Gasteiger partial charge in [0.25, 0.3) is 0 Å². The molecule has 2 aromatic carbocycles. The van der Waals surface area contributed by atoms with E-state index in [4.69, 9.17) is 9.73 Å². The number of nitrogens with one attached hydrogen (secondary N) is 3. The molecule has 0 saturated carbocycles. The number of guanidine groups is 1. The number of para-hydroxylation sites is 1. The van der Waals surface area contributed by atoms with Crippen LogP contribution in [0.4, 0.5) is 5.69 Å². The molecule has 7 nitrogen and oxygen atoms in total. The van der Waals surface area contributed by atoms with Gasteiger partial charge in [-0.05, 0) is 36.6 Å². The van der Waals surface area contributed by atoms with Gasteiger partial charge in [-0.3, -0.25) is 9.69 Å². The van der Waals surface area contributed by atoms with E-state index >= 15 is 0 Å². The van der Waals surface area contributed by atoms with Crippen molar-refractivity contribution in [2.45, 2.75) is 45.4 Å². The highest BCUT2D eigenvalue weighted by atomic mass is 127. The molecule has 1 fully saturated rings. The number of ether oxygens (including phenoxy) is 1. The van der Waals surface area contributed by atoms with Crippen LogP contribution in [0.1, 0.15) is 42.9 Å². The van der Waals surface area contributed by atoms with E-state index in [-0.39, 0.29) is 35.8 Å². The molecule has 184 valence electrons. The number of benzene rings is 2. The number of fused-ring (bicyclic) bond motifs is 1. The van der Waals surface area contributed by atoms with Crippen LogP contribution in [0.5, 0.6) is 0 Å². The van der Waals surface area contributed by atoms with E-state index in [1.54, 1.807) is 0 Å². The molecule has 2 atom stereocenters. The van der Waals surface area contributed by atoms with E-state index in [1.165, 1.54) is 16.7 Å². The Hall–Kier alpha value is -2.17. The molecule has 0 aliphatic carbocycles. The first-order chi connectivity index (χ1) is 16.1. The highest BCUT2D eigenvalue weighted by Crippen LogP contribution is 2.31. The lowest BCUT2D eigenvalue weighted by atomic mass is 9.90. The number of aliphatic imine (C=N–C) groups is 1. The number of nitrogens with zero attached hydrogens (tertiary/aromatic N) is 2. The lowest BCUT2D eigenvalue weighted by molar-refractivity contribution is -0.116. The highest BCUT2D eigenvalue weighted by molar-refractivity contribution is 14.0. The number of rotatable bonds is 7. The Bertz CT molecular complexity index is 983. The van der Waals surface area contributed by atoms with E-state index in [9.17, 15) is 4.79 Å². The molecule has 0 aromatic heterocycles. The monoisotopic (exact) mass is 577 g/mol. The van der Waals surface area contributed by atoms with Crippen molar-refractivity contribution in [3.63, 3.8) is 0 Å². The van der Waals surface area contributed by atoms with Crippen molar-refractivity contribution in [2.75, 3.05) is 38.1 Å². The van der Waals surface area contributed by atoms with Gasteiger partial charge in [-0.25, -0.2) is 4.99 Å². The summed E-state index contributed by atoms with van der Waals surface area (Å²) in [7, 11) is 0. The van der Waals surface area contributed by atoms with E-state index < -0.39 is 0 Å². The molecule has 3 N–H and O–H groups in total. The van der Waals surface area contributed by atoms with Gasteiger partial charge in [-0.15, -0.1) is 24.0 Å². The summed E-state index contributed by atoms with van der Waals surface area (Å²) in [6, 6.07) is 16.7. The summed E-state index contributed by atoms with van der Waals surface area (Å²) in [6.07, 6.45) is 0.772.